The van der Waals surface area contributed by atoms with Crippen LogP contribution in [0.4, 0.5) is 9.59 Å². The third-order valence-corrected chi connectivity index (χ3v) is 14.2. The van der Waals surface area contributed by atoms with Gasteiger partial charge in [-0.15, -0.1) is 0 Å². The van der Waals surface area contributed by atoms with Crippen molar-refractivity contribution in [3.05, 3.63) is 108 Å². The number of hydrogen-bond acceptors (Lipinski definition) is 31. The summed E-state index contributed by atoms with van der Waals surface area (Å²) in [6.45, 7) is 32.7. The maximum absolute atomic E-state index is 13.7. The molecule has 0 bridgehead atoms. The second kappa shape index (κ2) is 57.3. The molecule has 0 heterocycles. The molecule has 0 spiro atoms. The van der Waals surface area contributed by atoms with Crippen molar-refractivity contribution in [1.82, 2.24) is 34.7 Å². The summed E-state index contributed by atoms with van der Waals surface area (Å²) < 4.78 is 57.6. The lowest BCUT2D eigenvalue weighted by atomic mass is 10.2. The van der Waals surface area contributed by atoms with Gasteiger partial charge in [0.05, 0.1) is 13.1 Å². The minimum absolute atomic E-state index is 0.0238. The van der Waals surface area contributed by atoms with E-state index in [1.54, 1.807) is 227 Å². The van der Waals surface area contributed by atoms with Crippen molar-refractivity contribution >= 4 is 113 Å². The summed E-state index contributed by atoms with van der Waals surface area (Å²) in [5, 5.41) is 35.3. The maximum Gasteiger partial charge on any atom is 0.411 e. The molecule has 3 rings (SSSR count). The van der Waals surface area contributed by atoms with Gasteiger partial charge in [-0.3, -0.25) is 96.6 Å². The van der Waals surface area contributed by atoms with Gasteiger partial charge < -0.3 is 92.1 Å². The van der Waals surface area contributed by atoms with Crippen molar-refractivity contribution in [3.63, 3.8) is 0 Å². The topological polar surface area (TPSA) is 538 Å². The van der Waals surface area contributed by atoms with Gasteiger partial charge in [-0.1, -0.05) is 91.0 Å². The first-order valence-corrected chi connectivity index (χ1v) is 41.3. The summed E-state index contributed by atoms with van der Waals surface area (Å²) in [4.78, 5) is 235. The van der Waals surface area contributed by atoms with Crippen LogP contribution >= 0.6 is 0 Å². The molecule has 0 aromatic heterocycles. The summed E-state index contributed by atoms with van der Waals surface area (Å²) in [5.74, 6) is -14.1. The summed E-state index contributed by atoms with van der Waals surface area (Å²) in [7, 11) is 0. The number of aliphatic carboxylic acids is 4. The quantitative estimate of drug-likeness (QED) is 0.0267. The van der Waals surface area contributed by atoms with Gasteiger partial charge in [-0.05, 0) is 189 Å². The number of carbonyl (C=O) groups is 19. The van der Waals surface area contributed by atoms with Crippen LogP contribution in [0, 0.1) is 0 Å². The van der Waals surface area contributed by atoms with Crippen molar-refractivity contribution in [2.24, 2.45) is 0 Å². The highest BCUT2D eigenvalue weighted by atomic mass is 16.6. The maximum atomic E-state index is 13.7. The molecule has 0 saturated carbocycles. The molecular weight excluding hydrogens is 1720 g/mol. The zero-order chi connectivity index (χ0) is 101. The van der Waals surface area contributed by atoms with Crippen LogP contribution in [0.5, 0.6) is 0 Å². The molecule has 3 aromatic carbocycles. The average Bonchev–Trinajstić information content (AvgIpc) is 0.856. The Morgan fingerprint density at radius 3 is 0.626 bits per heavy atom. The van der Waals surface area contributed by atoms with Gasteiger partial charge in [0.15, 0.2) is 0 Å². The molecule has 0 saturated heterocycles. The number of carbonyl (C=O) groups excluding carboxylic acids is 15. The number of rotatable bonds is 38. The summed E-state index contributed by atoms with van der Waals surface area (Å²) in [6, 6.07) is 27.0. The number of esters is 9. The molecule has 5 N–H and O–H groups in total. The molecule has 0 atom stereocenters. The summed E-state index contributed by atoms with van der Waals surface area (Å²) in [6.07, 6.45) is -2.44. The normalized spacial score (nSPS) is 11.2. The summed E-state index contributed by atoms with van der Waals surface area (Å²) >= 11 is 0. The van der Waals surface area contributed by atoms with E-state index >= 15 is 0 Å². The Morgan fingerprint density at radius 2 is 0.443 bits per heavy atom. The molecule has 0 aliphatic heterocycles. The molecule has 0 unspecified atom stereocenters. The number of amides is 6. The lowest BCUT2D eigenvalue weighted by Crippen LogP contribution is -2.52. The van der Waals surface area contributed by atoms with Crippen LogP contribution < -0.4 is 5.32 Å². The standard InChI is InChI=1S/C36H55N3O12.C29H50N2O10.C12H13NO6.C9H10O2.C4H7NO4/c1-33(2,3)48-28(42)20-37(21-29(43)49-34(4,5)6)26(40)18-39(32(46)47-24-25-16-14-13-15-17-25)19-27(41)38(22-30(44)50-35(7,8)9)23-31(45)51-36(10,11)12;1-26(2,3)38-22(34)16-30(17-23(35)39-27(4,5)6)20(32)14-13-15-21(33)31(18-24(36)40-28(7,8)9)19-25(37)41-29(10,11)12;14-10(15)6-13(7-11(16)17)12(18)19-8-9-4-2-1-3-5-9;1-8(10)11-7-9-5-3-2-4-6-9;6-3(7)1-5-2-4(8)9/h13-17H,18-24H2,1-12H3;13-19H2,1-12H3;1-5H,6-8H2,(H,14,15)(H,16,17);2-6H,7H2,1H3;5H,1-2H2,(H,6,7)(H,8,9). The molecule has 0 fully saturated rings. The van der Waals surface area contributed by atoms with E-state index in [1.807, 2.05) is 30.3 Å². The largest absolute Gasteiger partial charge is 0.480 e. The van der Waals surface area contributed by atoms with Gasteiger partial charge in [0, 0.05) is 19.8 Å². The van der Waals surface area contributed by atoms with Crippen LogP contribution in [0.1, 0.15) is 209 Å². The monoisotopic (exact) mass is 1860 g/mol. The Bertz CT molecular complexity index is 3930. The minimum atomic E-state index is -1.31. The Hall–Kier alpha value is -12.9. The zero-order valence-corrected chi connectivity index (χ0v) is 80.0. The first kappa shape index (κ1) is 120. The smallest absolute Gasteiger partial charge is 0.411 e. The highest BCUT2D eigenvalue weighted by Gasteiger charge is 2.36. The number of nitrogens with one attached hydrogen (secondary N) is 1. The molecule has 0 aliphatic rings. The number of carboxylic acid groups (broad SMARTS) is 4. The minimum Gasteiger partial charge on any atom is -0.480 e. The highest BCUT2D eigenvalue weighted by Crippen LogP contribution is 2.19. The Balaban J connectivity index is 0. The van der Waals surface area contributed by atoms with Crippen molar-refractivity contribution in [3.8, 4) is 0 Å². The predicted molar refractivity (Wildman–Crippen MR) is 469 cm³/mol. The molecular formula is C90H135N7O34. The van der Waals surface area contributed by atoms with E-state index in [1.165, 1.54) is 6.92 Å². The van der Waals surface area contributed by atoms with Crippen molar-refractivity contribution in [2.45, 2.75) is 257 Å². The number of benzene rings is 3. The van der Waals surface area contributed by atoms with Gasteiger partial charge in [0.2, 0.25) is 23.6 Å². The molecule has 3 aromatic rings. The lowest BCUT2D eigenvalue weighted by Gasteiger charge is -2.30. The lowest BCUT2D eigenvalue weighted by molar-refractivity contribution is -0.165. The molecule has 0 aliphatic carbocycles. The van der Waals surface area contributed by atoms with Gasteiger partial charge in [0.1, 0.15) is 143 Å². The first-order chi connectivity index (χ1) is 59.8. The van der Waals surface area contributed by atoms with Gasteiger partial charge in [-0.25, -0.2) is 9.59 Å². The van der Waals surface area contributed by atoms with Crippen molar-refractivity contribution in [2.75, 3.05) is 91.6 Å². The first-order valence-electron chi connectivity index (χ1n) is 41.3. The molecule has 6 amide bonds. The van der Waals surface area contributed by atoms with Crippen LogP contribution in [0.3, 0.4) is 0 Å². The van der Waals surface area contributed by atoms with Crippen LogP contribution in [0.2, 0.25) is 0 Å². The van der Waals surface area contributed by atoms with Gasteiger partial charge in [-0.2, -0.15) is 0 Å². The molecule has 41 nitrogen and oxygen atoms in total. The van der Waals surface area contributed by atoms with E-state index in [-0.39, 0.29) is 51.5 Å². The van der Waals surface area contributed by atoms with Gasteiger partial charge in [0.25, 0.3) is 0 Å². The van der Waals surface area contributed by atoms with Crippen LogP contribution in [-0.2, 0) is 153 Å². The fourth-order valence-corrected chi connectivity index (χ4v) is 9.75. The summed E-state index contributed by atoms with van der Waals surface area (Å²) in [5.41, 5.74) is -4.49. The van der Waals surface area contributed by atoms with Crippen molar-refractivity contribution < 1.29 is 164 Å². The van der Waals surface area contributed by atoms with E-state index < -0.39 is 231 Å². The van der Waals surface area contributed by atoms with E-state index in [0.717, 1.165) is 35.6 Å². The zero-order valence-electron chi connectivity index (χ0n) is 80.0. The second-order valence-electron chi connectivity index (χ2n) is 36.8. The fraction of sp³-hybridized carbons (Fsp3) is 0.589. The van der Waals surface area contributed by atoms with Crippen LogP contribution in [0.25, 0.3) is 0 Å². The van der Waals surface area contributed by atoms with E-state index in [4.69, 9.17) is 72.5 Å². The van der Waals surface area contributed by atoms with E-state index in [0.29, 0.717) is 17.1 Å². The van der Waals surface area contributed by atoms with Crippen LogP contribution in [-0.4, -0.2) is 300 Å². The van der Waals surface area contributed by atoms with Gasteiger partial charge >= 0.3 is 89.8 Å². The molecule has 0 radical (unpaired) electrons. The molecule has 734 valence electrons. The van der Waals surface area contributed by atoms with E-state index in [9.17, 15) is 91.1 Å². The third-order valence-electron chi connectivity index (χ3n) is 14.2. The third kappa shape index (κ3) is 68.9. The number of carboxylic acids is 4. The Labute approximate surface area is 764 Å². The molecule has 131 heavy (non-hydrogen) atoms. The van der Waals surface area contributed by atoms with Crippen molar-refractivity contribution in [1.29, 1.82) is 0 Å². The fourth-order valence-electron chi connectivity index (χ4n) is 9.75. The number of ether oxygens (including phenoxy) is 11. The highest BCUT2D eigenvalue weighted by molar-refractivity contribution is 5.93. The predicted octanol–water partition coefficient (Wildman–Crippen LogP) is 8.12. The van der Waals surface area contributed by atoms with Crippen LogP contribution in [0.15, 0.2) is 91.0 Å². The molecule has 41 heteroatoms. The number of nitrogens with zero attached hydrogens (tertiary/aromatic N) is 6. The Morgan fingerprint density at radius 1 is 0.252 bits per heavy atom. The second-order valence-corrected chi connectivity index (χ2v) is 36.8. The average molecular weight is 1860 g/mol. The SMILES string of the molecule is CC(=O)OCc1ccccc1.CC(C)(C)OC(=O)CN(CC(=O)OC(C)(C)C)C(=O)CCCC(=O)N(CC(=O)OC(C)(C)C)CC(=O)OC(C)(C)C.CC(C)(C)OC(=O)CN(CC(=O)OC(C)(C)C)C(=O)CN(CC(=O)N(CC(=O)OC(C)(C)C)CC(=O)OC(C)(C)C)C(=O)OCc1ccccc1.O=C(O)CN(CC(=O)O)C(=O)OCc1ccccc1.O=C(O)CNCC(=O)O. The Kier molecular flexibility index (Phi) is 52.5. The van der Waals surface area contributed by atoms with E-state index in [2.05, 4.69) is 5.32 Å². The number of hydrogen-bond donors (Lipinski definition) is 5.